The number of nitrogens with zero attached hydrogens (tertiary/aromatic N) is 2. The minimum Gasteiger partial charge on any atom is -0.462 e. The maximum Gasteiger partial charge on any atom is 0.339 e. The van der Waals surface area contributed by atoms with Crippen molar-refractivity contribution >= 4 is 35.1 Å². The van der Waals surface area contributed by atoms with Crippen molar-refractivity contribution in [2.45, 2.75) is 18.4 Å². The monoisotopic (exact) mass is 502 g/mol. The first-order valence-electron chi connectivity index (χ1n) is 11.5. The first-order valence-corrected chi connectivity index (χ1v) is 11.9. The smallest absolute Gasteiger partial charge is 0.339 e. The average molecular weight is 503 g/mol. The Balaban J connectivity index is 1.58. The summed E-state index contributed by atoms with van der Waals surface area (Å²) in [5.41, 5.74) is 0.450. The molecule has 1 aliphatic heterocycles. The van der Waals surface area contributed by atoms with Crippen LogP contribution in [-0.4, -0.2) is 29.3 Å². The predicted octanol–water partition coefficient (Wildman–Crippen LogP) is 4.30. The Morgan fingerprint density at radius 3 is 2.22 bits per heavy atom. The molecule has 0 saturated carbocycles. The Morgan fingerprint density at radius 2 is 1.64 bits per heavy atom. The van der Waals surface area contributed by atoms with Gasteiger partial charge in [-0.25, -0.2) is 9.69 Å². The first kappa shape index (κ1) is 22.4. The van der Waals surface area contributed by atoms with Crippen LogP contribution in [0.5, 0.6) is 0 Å². The quantitative estimate of drug-likeness (QED) is 0.228. The standard InChI is InChI=1S/C27H19ClN2O6/c1-2-36-26(33)17-13-14(11-12-20(17)28)29-24(31)22-21-15-7-3-5-9-18(15)27(30(34)35,23(22)25(29)32)19-10-6-4-8-16(19)21/h3-13,21-23H,2H2,1H3/t21?,22-,23+,27?/m0/s1. The predicted molar refractivity (Wildman–Crippen MR) is 129 cm³/mol. The molecule has 9 heteroatoms. The summed E-state index contributed by atoms with van der Waals surface area (Å²) in [6.45, 7) is 1.77. The highest BCUT2D eigenvalue weighted by Gasteiger charge is 2.74. The van der Waals surface area contributed by atoms with Crippen LogP contribution < -0.4 is 4.90 Å². The molecule has 2 atom stereocenters. The Hall–Kier alpha value is -4.04. The third kappa shape index (κ3) is 2.62. The van der Waals surface area contributed by atoms with Gasteiger partial charge >= 0.3 is 5.97 Å². The van der Waals surface area contributed by atoms with Crippen molar-refractivity contribution in [3.8, 4) is 0 Å². The number of hydrogen-bond acceptors (Lipinski definition) is 6. The van der Waals surface area contributed by atoms with Gasteiger partial charge in [-0.15, -0.1) is 0 Å². The zero-order chi connectivity index (χ0) is 25.4. The fourth-order valence-corrected chi connectivity index (χ4v) is 6.51. The lowest BCUT2D eigenvalue weighted by molar-refractivity contribution is -0.578. The van der Waals surface area contributed by atoms with Crippen molar-refractivity contribution < 1.29 is 24.0 Å². The number of ether oxygens (including phenoxy) is 1. The minimum absolute atomic E-state index is 0.00465. The van der Waals surface area contributed by atoms with Gasteiger partial charge in [0.25, 0.3) is 5.54 Å². The summed E-state index contributed by atoms with van der Waals surface area (Å²) in [6, 6.07) is 18.2. The normalized spacial score (nSPS) is 25.3. The van der Waals surface area contributed by atoms with Gasteiger partial charge in [0.05, 0.1) is 28.8 Å². The molecule has 3 aliphatic carbocycles. The fraction of sp³-hybridized carbons (Fsp3) is 0.222. The van der Waals surface area contributed by atoms with Crippen molar-refractivity contribution in [2.24, 2.45) is 11.8 Å². The molecule has 0 spiro atoms. The number of nitro groups is 1. The van der Waals surface area contributed by atoms with Crippen LogP contribution in [0, 0.1) is 22.0 Å². The lowest BCUT2D eigenvalue weighted by Crippen LogP contribution is -2.57. The van der Waals surface area contributed by atoms with Crippen LogP contribution in [0.25, 0.3) is 0 Å². The molecule has 2 amide bonds. The number of rotatable bonds is 4. The highest BCUT2D eigenvalue weighted by molar-refractivity contribution is 6.34. The first-order chi connectivity index (χ1) is 17.3. The van der Waals surface area contributed by atoms with Gasteiger partial charge in [0.1, 0.15) is 5.92 Å². The summed E-state index contributed by atoms with van der Waals surface area (Å²) in [5, 5.41) is 13.1. The molecule has 1 saturated heterocycles. The van der Waals surface area contributed by atoms with Crippen LogP contribution in [0.1, 0.15) is 45.5 Å². The van der Waals surface area contributed by atoms with E-state index in [-0.39, 0.29) is 22.9 Å². The summed E-state index contributed by atoms with van der Waals surface area (Å²) >= 11 is 6.19. The van der Waals surface area contributed by atoms with E-state index in [1.165, 1.54) is 18.2 Å². The number of anilines is 1. The summed E-state index contributed by atoms with van der Waals surface area (Å²) in [6.07, 6.45) is 0. The molecule has 0 radical (unpaired) electrons. The SMILES string of the molecule is CCOC(=O)c1cc(N2C(=O)[C@H]3C4c5ccccc5C([N+](=O)[O-])(c5ccccc54)[C@H]3C2=O)ccc1Cl. The number of amides is 2. The molecule has 0 N–H and O–H groups in total. The number of carbonyl (C=O) groups excluding carboxylic acids is 3. The van der Waals surface area contributed by atoms with E-state index in [4.69, 9.17) is 16.3 Å². The van der Waals surface area contributed by atoms with Crippen molar-refractivity contribution in [1.82, 2.24) is 0 Å². The van der Waals surface area contributed by atoms with Gasteiger partial charge in [0.2, 0.25) is 11.8 Å². The van der Waals surface area contributed by atoms with E-state index < -0.39 is 46.0 Å². The molecular weight excluding hydrogens is 484 g/mol. The van der Waals surface area contributed by atoms with E-state index in [0.29, 0.717) is 22.3 Å². The molecule has 36 heavy (non-hydrogen) atoms. The van der Waals surface area contributed by atoms with Crippen LogP contribution >= 0.6 is 11.6 Å². The van der Waals surface area contributed by atoms with Crippen molar-refractivity contribution in [1.29, 1.82) is 0 Å². The molecule has 2 bridgehead atoms. The molecule has 1 heterocycles. The Morgan fingerprint density at radius 1 is 1.03 bits per heavy atom. The Kier molecular flexibility index (Phi) is 4.82. The van der Waals surface area contributed by atoms with E-state index in [1.54, 1.807) is 55.5 Å². The van der Waals surface area contributed by atoms with E-state index in [9.17, 15) is 24.5 Å². The second-order valence-electron chi connectivity index (χ2n) is 9.08. The number of esters is 1. The lowest BCUT2D eigenvalue weighted by atomic mass is 9.51. The zero-order valence-corrected chi connectivity index (χ0v) is 19.8. The largest absolute Gasteiger partial charge is 0.462 e. The number of imide groups is 1. The maximum atomic E-state index is 14.0. The maximum absolute atomic E-state index is 14.0. The highest BCUT2D eigenvalue weighted by Crippen LogP contribution is 2.64. The summed E-state index contributed by atoms with van der Waals surface area (Å²) in [5.74, 6) is -4.62. The van der Waals surface area contributed by atoms with E-state index in [0.717, 1.165) is 4.90 Å². The molecule has 7 rings (SSSR count). The van der Waals surface area contributed by atoms with Gasteiger partial charge in [0, 0.05) is 22.0 Å². The molecule has 0 unspecified atom stereocenters. The topological polar surface area (TPSA) is 107 Å². The molecular formula is C27H19ClN2O6. The van der Waals surface area contributed by atoms with Crippen molar-refractivity contribution in [3.63, 3.8) is 0 Å². The van der Waals surface area contributed by atoms with Crippen molar-refractivity contribution in [3.05, 3.63) is 110 Å². The van der Waals surface area contributed by atoms with Crippen LogP contribution in [0.2, 0.25) is 5.02 Å². The molecule has 3 aromatic rings. The molecule has 180 valence electrons. The second kappa shape index (κ2) is 7.73. The van der Waals surface area contributed by atoms with Gasteiger partial charge in [-0.1, -0.05) is 60.1 Å². The van der Waals surface area contributed by atoms with Gasteiger partial charge in [-0.3, -0.25) is 19.7 Å². The zero-order valence-electron chi connectivity index (χ0n) is 19.0. The number of hydrogen-bond donors (Lipinski definition) is 0. The molecule has 3 aromatic carbocycles. The van der Waals surface area contributed by atoms with Crippen LogP contribution in [-0.2, 0) is 19.9 Å². The van der Waals surface area contributed by atoms with Gasteiger partial charge < -0.3 is 4.74 Å². The van der Waals surface area contributed by atoms with Crippen LogP contribution in [0.15, 0.2) is 66.7 Å². The molecule has 1 fully saturated rings. The summed E-state index contributed by atoms with van der Waals surface area (Å²) in [7, 11) is 0. The third-order valence-corrected chi connectivity index (χ3v) is 7.89. The van der Waals surface area contributed by atoms with E-state index in [1.807, 2.05) is 0 Å². The number of carbonyl (C=O) groups is 3. The number of benzene rings is 3. The van der Waals surface area contributed by atoms with Gasteiger partial charge in [0.15, 0.2) is 0 Å². The molecule has 8 nitrogen and oxygen atoms in total. The van der Waals surface area contributed by atoms with E-state index in [2.05, 4.69) is 0 Å². The Labute approximate surface area is 210 Å². The Bertz CT molecular complexity index is 1450. The molecule has 4 aliphatic rings. The summed E-state index contributed by atoms with van der Waals surface area (Å²) < 4.78 is 5.05. The lowest BCUT2D eigenvalue weighted by Gasteiger charge is -2.48. The van der Waals surface area contributed by atoms with Crippen molar-refractivity contribution in [2.75, 3.05) is 11.5 Å². The fourth-order valence-electron chi connectivity index (χ4n) is 6.31. The second-order valence-corrected chi connectivity index (χ2v) is 9.48. The highest BCUT2D eigenvalue weighted by atomic mass is 35.5. The third-order valence-electron chi connectivity index (χ3n) is 7.56. The van der Waals surface area contributed by atoms with E-state index >= 15 is 0 Å². The van der Waals surface area contributed by atoms with Gasteiger partial charge in [-0.2, -0.15) is 0 Å². The number of halogens is 1. The molecule has 0 aromatic heterocycles. The minimum atomic E-state index is -1.91. The van der Waals surface area contributed by atoms with Crippen LogP contribution in [0.3, 0.4) is 0 Å². The summed E-state index contributed by atoms with van der Waals surface area (Å²) in [4.78, 5) is 53.9. The van der Waals surface area contributed by atoms with Gasteiger partial charge in [-0.05, 0) is 36.2 Å². The van der Waals surface area contributed by atoms with Crippen LogP contribution in [0.4, 0.5) is 5.69 Å². The average Bonchev–Trinajstić information content (AvgIpc) is 3.15.